The summed E-state index contributed by atoms with van der Waals surface area (Å²) in [5, 5.41) is 7.80. The van der Waals surface area contributed by atoms with Crippen molar-refractivity contribution in [3.8, 4) is 0 Å². The number of benzene rings is 1. The minimum atomic E-state index is -3.23. The Kier molecular flexibility index (Phi) is 5.94. The van der Waals surface area contributed by atoms with Crippen LogP contribution in [0.25, 0.3) is 0 Å². The molecule has 0 unspecified atom stereocenters. The molecule has 0 spiro atoms. The summed E-state index contributed by atoms with van der Waals surface area (Å²) in [6, 6.07) is 8.56. The Labute approximate surface area is 147 Å². The molecule has 0 aliphatic heterocycles. The highest BCUT2D eigenvalue weighted by atomic mass is 32.2. The number of H-pyrrole nitrogens is 1. The molecule has 7 heteroatoms. The van der Waals surface area contributed by atoms with Gasteiger partial charge in [0.25, 0.3) is 0 Å². The molecule has 1 aromatic carbocycles. The molecule has 0 atom stereocenters. The molecule has 0 saturated heterocycles. The molecule has 0 bridgehead atoms. The predicted octanol–water partition coefficient (Wildman–Crippen LogP) is 3.49. The Morgan fingerprint density at radius 3 is 2.67 bits per heavy atom. The van der Waals surface area contributed by atoms with Crippen LogP contribution in [0.4, 0.5) is 0 Å². The van der Waals surface area contributed by atoms with Crippen LogP contribution < -0.4 is 0 Å². The van der Waals surface area contributed by atoms with Gasteiger partial charge in [-0.3, -0.25) is 5.10 Å². The highest BCUT2D eigenvalue weighted by Crippen LogP contribution is 2.28. The maximum atomic E-state index is 12.2. The van der Waals surface area contributed by atoms with Crippen molar-refractivity contribution in [2.24, 2.45) is 5.92 Å². The largest absolute Gasteiger partial charge is 0.262 e. The number of rotatable bonds is 8. The Morgan fingerprint density at radius 2 is 1.92 bits per heavy atom. The number of aromatic amines is 1. The molecule has 5 nitrogen and oxygen atoms in total. The van der Waals surface area contributed by atoms with Crippen molar-refractivity contribution in [3.05, 3.63) is 36.2 Å². The minimum Gasteiger partial charge on any atom is -0.262 e. The van der Waals surface area contributed by atoms with E-state index in [1.165, 1.54) is 43.9 Å². The van der Waals surface area contributed by atoms with E-state index in [9.17, 15) is 8.42 Å². The molecule has 1 aliphatic carbocycles. The average molecular weight is 366 g/mol. The summed E-state index contributed by atoms with van der Waals surface area (Å²) in [5.74, 6) is 2.29. The van der Waals surface area contributed by atoms with Gasteiger partial charge >= 0.3 is 0 Å². The zero-order chi connectivity index (χ0) is 16.8. The van der Waals surface area contributed by atoms with Crippen LogP contribution in [-0.4, -0.2) is 35.1 Å². The molecule has 1 aromatic heterocycles. The van der Waals surface area contributed by atoms with Gasteiger partial charge in [-0.1, -0.05) is 55.6 Å². The molecule has 3 rings (SSSR count). The Hall–Kier alpha value is -1.34. The number of hydrogen-bond donors (Lipinski definition) is 1. The van der Waals surface area contributed by atoms with Gasteiger partial charge in [-0.2, -0.15) is 0 Å². The molecule has 24 heavy (non-hydrogen) atoms. The third-order valence-electron chi connectivity index (χ3n) is 4.46. The highest BCUT2D eigenvalue weighted by molar-refractivity contribution is 8.00. The van der Waals surface area contributed by atoms with Gasteiger partial charge in [0.05, 0.1) is 10.6 Å². The quantitative estimate of drug-likeness (QED) is 0.725. The van der Waals surface area contributed by atoms with Crippen LogP contribution in [-0.2, 0) is 16.3 Å². The van der Waals surface area contributed by atoms with Crippen molar-refractivity contribution in [2.75, 3.05) is 11.5 Å². The molecule has 1 aliphatic rings. The lowest BCUT2D eigenvalue weighted by Gasteiger charge is -2.05. The van der Waals surface area contributed by atoms with E-state index >= 15 is 0 Å². The lowest BCUT2D eigenvalue weighted by molar-refractivity contribution is 0.497. The summed E-state index contributed by atoms with van der Waals surface area (Å²) in [6.45, 7) is 0. The van der Waals surface area contributed by atoms with Crippen LogP contribution in [0.5, 0.6) is 0 Å². The Bertz CT molecular complexity index is 738. The topological polar surface area (TPSA) is 75.7 Å². The van der Waals surface area contributed by atoms with E-state index in [1.807, 2.05) is 6.07 Å². The molecule has 2 aromatic rings. The van der Waals surface area contributed by atoms with E-state index in [0.29, 0.717) is 15.8 Å². The number of sulfone groups is 1. The van der Waals surface area contributed by atoms with Crippen LogP contribution in [0, 0.1) is 5.92 Å². The smallest absolute Gasteiger partial charge is 0.208 e. The van der Waals surface area contributed by atoms with E-state index in [2.05, 4.69) is 15.2 Å². The van der Waals surface area contributed by atoms with E-state index in [-0.39, 0.29) is 5.75 Å². The zero-order valence-electron chi connectivity index (χ0n) is 13.6. The molecule has 1 saturated carbocycles. The first-order valence-electron chi connectivity index (χ1n) is 8.45. The fraction of sp³-hybridized carbons (Fsp3) is 0.529. The third-order valence-corrected chi connectivity index (χ3v) is 7.30. The first-order valence-corrected chi connectivity index (χ1v) is 11.1. The van der Waals surface area contributed by atoms with Crippen LogP contribution in [0.15, 0.2) is 40.4 Å². The van der Waals surface area contributed by atoms with Gasteiger partial charge in [0, 0.05) is 12.2 Å². The van der Waals surface area contributed by atoms with Crippen molar-refractivity contribution >= 4 is 21.6 Å². The molecule has 130 valence electrons. The molecule has 1 heterocycles. The number of nitrogens with zero attached hydrogens (tertiary/aromatic N) is 2. The van der Waals surface area contributed by atoms with Crippen molar-refractivity contribution in [1.29, 1.82) is 0 Å². The monoisotopic (exact) mass is 365 g/mol. The van der Waals surface area contributed by atoms with Gasteiger partial charge in [-0.05, 0) is 24.5 Å². The molecule has 0 radical (unpaired) electrons. The van der Waals surface area contributed by atoms with Crippen molar-refractivity contribution in [2.45, 2.75) is 48.6 Å². The Morgan fingerprint density at radius 1 is 1.17 bits per heavy atom. The van der Waals surface area contributed by atoms with Crippen LogP contribution in [0.3, 0.4) is 0 Å². The maximum Gasteiger partial charge on any atom is 0.208 e. The third kappa shape index (κ3) is 4.83. The number of hydrogen-bond acceptors (Lipinski definition) is 5. The second-order valence-electron chi connectivity index (χ2n) is 6.23. The first-order chi connectivity index (χ1) is 11.6. The first kappa shape index (κ1) is 17.5. The van der Waals surface area contributed by atoms with Gasteiger partial charge in [-0.15, -0.1) is 5.10 Å². The van der Waals surface area contributed by atoms with Crippen molar-refractivity contribution in [1.82, 2.24) is 15.2 Å². The predicted molar refractivity (Wildman–Crippen MR) is 95.9 cm³/mol. The summed E-state index contributed by atoms with van der Waals surface area (Å²) in [6.07, 6.45) is 7.50. The van der Waals surface area contributed by atoms with Gasteiger partial charge < -0.3 is 0 Å². The lowest BCUT2D eigenvalue weighted by Crippen LogP contribution is -2.08. The van der Waals surface area contributed by atoms with Gasteiger partial charge in [0.15, 0.2) is 9.84 Å². The molecule has 0 amide bonds. The van der Waals surface area contributed by atoms with Crippen molar-refractivity contribution < 1.29 is 8.42 Å². The molecule has 1 fully saturated rings. The number of aryl methyl sites for hydroxylation is 1. The number of nitrogens with one attached hydrogen (secondary N) is 1. The summed E-state index contributed by atoms with van der Waals surface area (Å²) in [4.78, 5) is 4.84. The summed E-state index contributed by atoms with van der Waals surface area (Å²) >= 11 is 1.39. The maximum absolute atomic E-state index is 12.2. The molecular weight excluding hydrogens is 342 g/mol. The van der Waals surface area contributed by atoms with E-state index in [0.717, 1.165) is 18.2 Å². The van der Waals surface area contributed by atoms with Crippen LogP contribution in [0.2, 0.25) is 0 Å². The summed E-state index contributed by atoms with van der Waals surface area (Å²) < 4.78 is 24.4. The van der Waals surface area contributed by atoms with Gasteiger partial charge in [0.1, 0.15) is 5.82 Å². The Balaban J connectivity index is 1.45. The van der Waals surface area contributed by atoms with Gasteiger partial charge in [0.2, 0.25) is 5.16 Å². The summed E-state index contributed by atoms with van der Waals surface area (Å²) in [7, 11) is -3.23. The van der Waals surface area contributed by atoms with Crippen LogP contribution >= 0.6 is 11.8 Å². The van der Waals surface area contributed by atoms with E-state index < -0.39 is 9.84 Å². The standard InChI is InChI=1S/C17H23N3O2S2/c21-24(22,15-8-2-1-3-9-15)13-12-23-17-18-16(19-20-17)11-10-14-6-4-5-7-14/h1-3,8-9,14H,4-7,10-13H2,(H,18,19,20). The minimum absolute atomic E-state index is 0.0909. The normalized spacial score (nSPS) is 15.8. The SMILES string of the molecule is O=S(=O)(CCSc1n[nH]c(CCC2CCCC2)n1)c1ccccc1. The van der Waals surface area contributed by atoms with E-state index in [1.54, 1.807) is 24.3 Å². The molecule has 1 N–H and O–H groups in total. The van der Waals surface area contributed by atoms with E-state index in [4.69, 9.17) is 0 Å². The zero-order valence-corrected chi connectivity index (χ0v) is 15.3. The van der Waals surface area contributed by atoms with Crippen molar-refractivity contribution in [3.63, 3.8) is 0 Å². The van der Waals surface area contributed by atoms with Gasteiger partial charge in [-0.25, -0.2) is 13.4 Å². The summed E-state index contributed by atoms with van der Waals surface area (Å²) in [5.41, 5.74) is 0. The number of aromatic nitrogens is 3. The fourth-order valence-corrected chi connectivity index (χ4v) is 5.57. The second kappa shape index (κ2) is 8.16. The number of thioether (sulfide) groups is 1. The molecular formula is C17H23N3O2S2. The fourth-order valence-electron chi connectivity index (χ4n) is 3.08. The lowest BCUT2D eigenvalue weighted by atomic mass is 10.0. The highest BCUT2D eigenvalue weighted by Gasteiger charge is 2.16. The average Bonchev–Trinajstić information content (AvgIpc) is 3.25. The van der Waals surface area contributed by atoms with Crippen LogP contribution in [0.1, 0.15) is 37.9 Å². The second-order valence-corrected chi connectivity index (χ2v) is 9.41.